The topological polar surface area (TPSA) is 21.3 Å². The van der Waals surface area contributed by atoms with Crippen molar-refractivity contribution in [2.75, 3.05) is 11.9 Å². The molecule has 2 rings (SSSR count). The Balaban J connectivity index is 1.98. The quantitative estimate of drug-likeness (QED) is 0.759. The maximum atomic E-state index is 5.59. The Kier molecular flexibility index (Phi) is 5.28. The van der Waals surface area contributed by atoms with Gasteiger partial charge >= 0.3 is 0 Å². The molecule has 0 fully saturated rings. The molecule has 1 atom stereocenters. The summed E-state index contributed by atoms with van der Waals surface area (Å²) in [7, 11) is 0. The monoisotopic (exact) mass is 275 g/mol. The summed E-state index contributed by atoms with van der Waals surface area (Å²) in [5, 5.41) is 5.70. The zero-order valence-electron chi connectivity index (χ0n) is 11.6. The Morgan fingerprint density at radius 3 is 2.53 bits per heavy atom. The van der Waals surface area contributed by atoms with Crippen LogP contribution in [-0.2, 0) is 0 Å². The molecule has 2 nitrogen and oxygen atoms in total. The highest BCUT2D eigenvalue weighted by molar-refractivity contribution is 7.10. The van der Waals surface area contributed by atoms with Gasteiger partial charge in [0.1, 0.15) is 5.75 Å². The maximum absolute atomic E-state index is 5.59. The number of ether oxygens (including phenoxy) is 1. The van der Waals surface area contributed by atoms with Gasteiger partial charge in [-0.05, 0) is 48.6 Å². The highest BCUT2D eigenvalue weighted by Crippen LogP contribution is 2.27. The molecule has 0 aliphatic carbocycles. The minimum atomic E-state index is 0.391. The van der Waals surface area contributed by atoms with Crippen LogP contribution in [0.25, 0.3) is 0 Å². The third-order valence-corrected chi connectivity index (χ3v) is 3.95. The van der Waals surface area contributed by atoms with Gasteiger partial charge in [0.2, 0.25) is 0 Å². The van der Waals surface area contributed by atoms with E-state index in [-0.39, 0.29) is 0 Å². The normalized spacial score (nSPS) is 12.1. The molecule has 1 aromatic heterocycles. The first-order valence-electron chi connectivity index (χ1n) is 6.86. The molecular weight excluding hydrogens is 254 g/mol. The molecule has 1 unspecified atom stereocenters. The lowest BCUT2D eigenvalue weighted by Gasteiger charge is -2.17. The van der Waals surface area contributed by atoms with E-state index in [0.717, 1.165) is 30.9 Å². The van der Waals surface area contributed by atoms with Gasteiger partial charge in [-0.25, -0.2) is 0 Å². The van der Waals surface area contributed by atoms with Crippen LogP contribution in [0.2, 0.25) is 0 Å². The SMILES string of the molecule is CCCOc1ccc(NC(CC)c2cccs2)cc1. The fraction of sp³-hybridized carbons (Fsp3) is 0.375. The second-order valence-corrected chi connectivity index (χ2v) is 5.47. The van der Waals surface area contributed by atoms with E-state index in [4.69, 9.17) is 4.74 Å². The first-order valence-corrected chi connectivity index (χ1v) is 7.74. The zero-order chi connectivity index (χ0) is 13.5. The van der Waals surface area contributed by atoms with Crippen molar-refractivity contribution in [3.63, 3.8) is 0 Å². The highest BCUT2D eigenvalue weighted by Gasteiger charge is 2.09. The van der Waals surface area contributed by atoms with Crippen LogP contribution in [0.1, 0.15) is 37.6 Å². The van der Waals surface area contributed by atoms with Crippen molar-refractivity contribution in [1.29, 1.82) is 0 Å². The summed E-state index contributed by atoms with van der Waals surface area (Å²) < 4.78 is 5.59. The third kappa shape index (κ3) is 4.00. The molecule has 0 radical (unpaired) electrons. The van der Waals surface area contributed by atoms with E-state index in [1.54, 1.807) is 11.3 Å². The van der Waals surface area contributed by atoms with Crippen molar-refractivity contribution >= 4 is 17.0 Å². The van der Waals surface area contributed by atoms with Gasteiger partial charge < -0.3 is 10.1 Å². The van der Waals surface area contributed by atoms with E-state index in [0.29, 0.717) is 6.04 Å². The van der Waals surface area contributed by atoms with Crippen LogP contribution in [0.4, 0.5) is 5.69 Å². The summed E-state index contributed by atoms with van der Waals surface area (Å²) in [6, 6.07) is 12.9. The van der Waals surface area contributed by atoms with Crippen LogP contribution < -0.4 is 10.1 Å². The molecular formula is C16H21NOS. The fourth-order valence-corrected chi connectivity index (χ4v) is 2.79. The molecule has 1 N–H and O–H groups in total. The van der Waals surface area contributed by atoms with Gasteiger partial charge in [0.25, 0.3) is 0 Å². The smallest absolute Gasteiger partial charge is 0.119 e. The van der Waals surface area contributed by atoms with Gasteiger partial charge in [0, 0.05) is 10.6 Å². The third-order valence-electron chi connectivity index (χ3n) is 2.96. The Hall–Kier alpha value is -1.48. The molecule has 0 aliphatic rings. The summed E-state index contributed by atoms with van der Waals surface area (Å²) in [6.45, 7) is 5.10. The maximum Gasteiger partial charge on any atom is 0.119 e. The largest absolute Gasteiger partial charge is 0.494 e. The Morgan fingerprint density at radius 2 is 1.95 bits per heavy atom. The number of nitrogens with one attached hydrogen (secondary N) is 1. The van der Waals surface area contributed by atoms with Gasteiger partial charge in [-0.3, -0.25) is 0 Å². The number of hydrogen-bond acceptors (Lipinski definition) is 3. The molecule has 102 valence electrons. The lowest BCUT2D eigenvalue weighted by atomic mass is 10.1. The average molecular weight is 275 g/mol. The molecule has 0 saturated heterocycles. The van der Waals surface area contributed by atoms with E-state index in [1.165, 1.54) is 4.88 Å². The summed E-state index contributed by atoms with van der Waals surface area (Å²) in [6.07, 6.45) is 2.12. The molecule has 3 heteroatoms. The van der Waals surface area contributed by atoms with Crippen molar-refractivity contribution in [2.45, 2.75) is 32.7 Å². The summed E-state index contributed by atoms with van der Waals surface area (Å²) in [5.74, 6) is 0.941. The predicted octanol–water partition coefficient (Wildman–Crippen LogP) is 5.10. The molecule has 0 bridgehead atoms. The standard InChI is InChI=1S/C16H21NOS/c1-3-11-18-14-9-7-13(8-10-14)17-15(4-2)16-6-5-12-19-16/h5-10,12,15,17H,3-4,11H2,1-2H3. The number of benzene rings is 1. The molecule has 0 amide bonds. The number of thiophene rings is 1. The summed E-state index contributed by atoms with van der Waals surface area (Å²) in [4.78, 5) is 1.38. The molecule has 2 aromatic rings. The van der Waals surface area contributed by atoms with Gasteiger partial charge in [-0.1, -0.05) is 19.9 Å². The van der Waals surface area contributed by atoms with Crippen LogP contribution in [0.3, 0.4) is 0 Å². The van der Waals surface area contributed by atoms with E-state index >= 15 is 0 Å². The molecule has 0 spiro atoms. The molecule has 1 aromatic carbocycles. The second-order valence-electron chi connectivity index (χ2n) is 4.49. The minimum Gasteiger partial charge on any atom is -0.494 e. The Bertz CT molecular complexity index is 464. The van der Waals surface area contributed by atoms with Crippen LogP contribution >= 0.6 is 11.3 Å². The van der Waals surface area contributed by atoms with Crippen molar-refractivity contribution in [1.82, 2.24) is 0 Å². The number of rotatable bonds is 7. The average Bonchev–Trinajstić information content (AvgIpc) is 2.98. The van der Waals surface area contributed by atoms with Crippen molar-refractivity contribution < 1.29 is 4.74 Å². The first kappa shape index (κ1) is 13.9. The van der Waals surface area contributed by atoms with E-state index in [1.807, 2.05) is 12.1 Å². The number of hydrogen-bond donors (Lipinski definition) is 1. The van der Waals surface area contributed by atoms with Crippen molar-refractivity contribution in [3.05, 3.63) is 46.7 Å². The fourth-order valence-electron chi connectivity index (χ4n) is 1.93. The number of anilines is 1. The lowest BCUT2D eigenvalue weighted by molar-refractivity contribution is 0.317. The minimum absolute atomic E-state index is 0.391. The predicted molar refractivity (Wildman–Crippen MR) is 83.2 cm³/mol. The molecule has 1 heterocycles. The van der Waals surface area contributed by atoms with Crippen LogP contribution in [0.15, 0.2) is 41.8 Å². The van der Waals surface area contributed by atoms with Crippen molar-refractivity contribution in [3.8, 4) is 5.75 Å². The Labute approximate surface area is 119 Å². The lowest BCUT2D eigenvalue weighted by Crippen LogP contribution is -2.07. The molecule has 19 heavy (non-hydrogen) atoms. The van der Waals surface area contributed by atoms with Gasteiger partial charge in [-0.2, -0.15) is 0 Å². The highest BCUT2D eigenvalue weighted by atomic mass is 32.1. The van der Waals surface area contributed by atoms with Crippen molar-refractivity contribution in [2.24, 2.45) is 0 Å². The zero-order valence-corrected chi connectivity index (χ0v) is 12.4. The second kappa shape index (κ2) is 7.19. The van der Waals surface area contributed by atoms with Gasteiger partial charge in [0.05, 0.1) is 12.6 Å². The van der Waals surface area contributed by atoms with Gasteiger partial charge in [0.15, 0.2) is 0 Å². The summed E-state index contributed by atoms with van der Waals surface area (Å²) >= 11 is 1.80. The van der Waals surface area contributed by atoms with E-state index in [9.17, 15) is 0 Å². The Morgan fingerprint density at radius 1 is 1.16 bits per heavy atom. The summed E-state index contributed by atoms with van der Waals surface area (Å²) in [5.41, 5.74) is 1.14. The molecule has 0 saturated carbocycles. The van der Waals surface area contributed by atoms with Gasteiger partial charge in [-0.15, -0.1) is 11.3 Å². The van der Waals surface area contributed by atoms with Crippen LogP contribution in [-0.4, -0.2) is 6.61 Å². The molecule has 0 aliphatic heterocycles. The van der Waals surface area contributed by atoms with Crippen LogP contribution in [0, 0.1) is 0 Å². The van der Waals surface area contributed by atoms with Crippen LogP contribution in [0.5, 0.6) is 5.75 Å². The van der Waals surface area contributed by atoms with E-state index in [2.05, 4.69) is 48.8 Å². The van der Waals surface area contributed by atoms with E-state index < -0.39 is 0 Å². The first-order chi connectivity index (χ1) is 9.33.